The summed E-state index contributed by atoms with van der Waals surface area (Å²) in [5, 5.41) is 0. The van der Waals surface area contributed by atoms with Gasteiger partial charge in [-0.05, 0) is 36.4 Å². The van der Waals surface area contributed by atoms with Crippen molar-refractivity contribution < 1.29 is 4.79 Å². The minimum absolute atomic E-state index is 0.172. The number of nitrogens with zero attached hydrogens (tertiary/aromatic N) is 1. The molecule has 106 valence electrons. The molecule has 0 radical (unpaired) electrons. The molecule has 0 bridgehead atoms. The lowest BCUT2D eigenvalue weighted by Gasteiger charge is -2.20. The van der Waals surface area contributed by atoms with Gasteiger partial charge in [-0.3, -0.25) is 4.79 Å². The molecule has 1 aromatic rings. The van der Waals surface area contributed by atoms with E-state index in [0.29, 0.717) is 25.4 Å². The Morgan fingerprint density at radius 1 is 1.37 bits per heavy atom. The maximum atomic E-state index is 12.1. The van der Waals surface area contributed by atoms with Gasteiger partial charge in [0.1, 0.15) is 0 Å². The zero-order valence-electron chi connectivity index (χ0n) is 12.1. The third-order valence-electron chi connectivity index (χ3n) is 3.38. The highest BCUT2D eigenvalue weighted by molar-refractivity contribution is 7.98. The van der Waals surface area contributed by atoms with Crippen LogP contribution in [0.3, 0.4) is 0 Å². The summed E-state index contributed by atoms with van der Waals surface area (Å²) in [6.45, 7) is 3.32. The zero-order valence-corrected chi connectivity index (χ0v) is 12.9. The first-order chi connectivity index (χ1) is 9.10. The summed E-state index contributed by atoms with van der Waals surface area (Å²) >= 11 is 1.72. The van der Waals surface area contributed by atoms with Crippen molar-refractivity contribution in [3.8, 4) is 0 Å². The number of nitrogens with two attached hydrogens (primary N) is 1. The molecule has 0 saturated carbocycles. The minimum atomic E-state index is 0.172. The number of rotatable bonds is 7. The molecule has 2 N–H and O–H groups in total. The van der Waals surface area contributed by atoms with E-state index in [1.54, 1.807) is 16.7 Å². The maximum absolute atomic E-state index is 12.1. The Balaban J connectivity index is 2.53. The second kappa shape index (κ2) is 8.23. The van der Waals surface area contributed by atoms with Crippen LogP contribution in [0.4, 0.5) is 0 Å². The summed E-state index contributed by atoms with van der Waals surface area (Å²) in [7, 11) is 1.86. The van der Waals surface area contributed by atoms with Gasteiger partial charge in [-0.1, -0.05) is 25.5 Å². The van der Waals surface area contributed by atoms with Crippen molar-refractivity contribution in [1.82, 2.24) is 4.90 Å². The lowest BCUT2D eigenvalue weighted by Crippen LogP contribution is -2.29. The number of amides is 1. The Morgan fingerprint density at radius 2 is 2.00 bits per heavy atom. The van der Waals surface area contributed by atoms with E-state index in [4.69, 9.17) is 5.73 Å². The maximum Gasteiger partial charge on any atom is 0.222 e. The first-order valence-corrected chi connectivity index (χ1v) is 7.90. The summed E-state index contributed by atoms with van der Waals surface area (Å²) in [6, 6.07) is 8.34. The van der Waals surface area contributed by atoms with Crippen molar-refractivity contribution in [2.24, 2.45) is 11.7 Å². The van der Waals surface area contributed by atoms with Crippen LogP contribution in [0.1, 0.15) is 25.3 Å². The van der Waals surface area contributed by atoms with E-state index < -0.39 is 0 Å². The third kappa shape index (κ3) is 5.25. The molecule has 0 fully saturated rings. The zero-order chi connectivity index (χ0) is 14.3. The molecule has 19 heavy (non-hydrogen) atoms. The molecule has 0 aliphatic rings. The molecule has 1 atom stereocenters. The monoisotopic (exact) mass is 280 g/mol. The van der Waals surface area contributed by atoms with E-state index in [1.807, 2.05) is 7.05 Å². The van der Waals surface area contributed by atoms with E-state index in [2.05, 4.69) is 37.4 Å². The van der Waals surface area contributed by atoms with E-state index in [0.717, 1.165) is 12.0 Å². The smallest absolute Gasteiger partial charge is 0.222 e. The van der Waals surface area contributed by atoms with Crippen LogP contribution in [-0.4, -0.2) is 30.7 Å². The van der Waals surface area contributed by atoms with Crippen molar-refractivity contribution in [1.29, 1.82) is 0 Å². The largest absolute Gasteiger partial charge is 0.341 e. The number of benzene rings is 1. The van der Waals surface area contributed by atoms with Crippen LogP contribution in [0, 0.1) is 5.92 Å². The van der Waals surface area contributed by atoms with Gasteiger partial charge < -0.3 is 10.6 Å². The van der Waals surface area contributed by atoms with Gasteiger partial charge in [0.25, 0.3) is 0 Å². The Hall–Kier alpha value is -1.00. The highest BCUT2D eigenvalue weighted by Crippen LogP contribution is 2.16. The topological polar surface area (TPSA) is 46.3 Å². The van der Waals surface area contributed by atoms with Crippen molar-refractivity contribution in [3.05, 3.63) is 29.8 Å². The third-order valence-corrected chi connectivity index (χ3v) is 4.12. The van der Waals surface area contributed by atoms with Crippen LogP contribution in [0.15, 0.2) is 29.2 Å². The summed E-state index contributed by atoms with van der Waals surface area (Å²) in [5.74, 6) is 0.472. The Morgan fingerprint density at radius 3 is 2.47 bits per heavy atom. The molecule has 3 nitrogen and oxygen atoms in total. The molecule has 0 spiro atoms. The fraction of sp³-hybridized carbons (Fsp3) is 0.533. The van der Waals surface area contributed by atoms with Crippen LogP contribution in [0.5, 0.6) is 0 Å². The van der Waals surface area contributed by atoms with Crippen molar-refractivity contribution in [3.63, 3.8) is 0 Å². The number of carbonyl (C=O) groups is 1. The molecule has 0 saturated heterocycles. The SMILES string of the molecule is CCC(CN)CC(=O)N(C)Cc1ccc(SC)cc1. The lowest BCUT2D eigenvalue weighted by atomic mass is 10.0. The normalized spacial score (nSPS) is 12.2. The lowest BCUT2D eigenvalue weighted by molar-refractivity contribution is -0.131. The highest BCUT2D eigenvalue weighted by atomic mass is 32.2. The number of hydrogen-bond donors (Lipinski definition) is 1. The van der Waals surface area contributed by atoms with E-state index in [1.165, 1.54) is 4.90 Å². The Kier molecular flexibility index (Phi) is 6.95. The molecule has 1 unspecified atom stereocenters. The van der Waals surface area contributed by atoms with Gasteiger partial charge in [0.05, 0.1) is 0 Å². The summed E-state index contributed by atoms with van der Waals surface area (Å²) in [4.78, 5) is 15.1. The summed E-state index contributed by atoms with van der Waals surface area (Å²) in [6.07, 6.45) is 3.56. The van der Waals surface area contributed by atoms with Gasteiger partial charge in [0.15, 0.2) is 0 Å². The number of carbonyl (C=O) groups excluding carboxylic acids is 1. The molecule has 0 aliphatic heterocycles. The number of thioether (sulfide) groups is 1. The van der Waals surface area contributed by atoms with E-state index >= 15 is 0 Å². The molecule has 0 aliphatic carbocycles. The second-order valence-corrected chi connectivity index (χ2v) is 5.69. The van der Waals surface area contributed by atoms with Crippen LogP contribution in [-0.2, 0) is 11.3 Å². The standard InChI is InChI=1S/C15H24N2OS/c1-4-12(10-16)9-15(18)17(2)11-13-5-7-14(19-3)8-6-13/h5-8,12H,4,9-11,16H2,1-3H3. The fourth-order valence-corrected chi connectivity index (χ4v) is 2.30. The summed E-state index contributed by atoms with van der Waals surface area (Å²) in [5.41, 5.74) is 6.80. The molecular weight excluding hydrogens is 256 g/mol. The average Bonchev–Trinajstić information content (AvgIpc) is 2.45. The van der Waals surface area contributed by atoms with Gasteiger partial charge in [-0.25, -0.2) is 0 Å². The molecule has 1 amide bonds. The minimum Gasteiger partial charge on any atom is -0.341 e. The van der Waals surface area contributed by atoms with E-state index in [9.17, 15) is 4.79 Å². The predicted octanol–water partition coefficient (Wildman–Crippen LogP) is 2.74. The quantitative estimate of drug-likeness (QED) is 0.781. The van der Waals surface area contributed by atoms with E-state index in [-0.39, 0.29) is 5.91 Å². The average molecular weight is 280 g/mol. The highest BCUT2D eigenvalue weighted by Gasteiger charge is 2.14. The van der Waals surface area contributed by atoms with Gasteiger partial charge in [0.2, 0.25) is 5.91 Å². The van der Waals surface area contributed by atoms with Crippen LogP contribution >= 0.6 is 11.8 Å². The summed E-state index contributed by atoms with van der Waals surface area (Å²) < 4.78 is 0. The molecular formula is C15H24N2OS. The first-order valence-electron chi connectivity index (χ1n) is 6.67. The van der Waals surface area contributed by atoms with Gasteiger partial charge >= 0.3 is 0 Å². The molecule has 1 aromatic carbocycles. The fourth-order valence-electron chi connectivity index (χ4n) is 1.89. The van der Waals surface area contributed by atoms with Gasteiger partial charge in [0, 0.05) is 24.9 Å². The van der Waals surface area contributed by atoms with Crippen LogP contribution in [0.25, 0.3) is 0 Å². The van der Waals surface area contributed by atoms with Crippen molar-refractivity contribution in [2.45, 2.75) is 31.2 Å². The Bertz CT molecular complexity index is 388. The number of hydrogen-bond acceptors (Lipinski definition) is 3. The second-order valence-electron chi connectivity index (χ2n) is 4.81. The molecule has 0 aromatic heterocycles. The molecule has 4 heteroatoms. The molecule has 0 heterocycles. The van der Waals surface area contributed by atoms with Gasteiger partial charge in [-0.15, -0.1) is 11.8 Å². The van der Waals surface area contributed by atoms with Crippen molar-refractivity contribution in [2.75, 3.05) is 19.8 Å². The van der Waals surface area contributed by atoms with Crippen LogP contribution in [0.2, 0.25) is 0 Å². The van der Waals surface area contributed by atoms with Crippen LogP contribution < -0.4 is 5.73 Å². The van der Waals surface area contributed by atoms with Crippen molar-refractivity contribution >= 4 is 17.7 Å². The Labute approximate surface area is 120 Å². The molecule has 1 rings (SSSR count). The first kappa shape index (κ1) is 16.1. The predicted molar refractivity (Wildman–Crippen MR) is 82.1 cm³/mol. The van der Waals surface area contributed by atoms with Gasteiger partial charge in [-0.2, -0.15) is 0 Å².